The summed E-state index contributed by atoms with van der Waals surface area (Å²) in [5, 5.41) is 0. The molecular weight excluding hydrogens is 428 g/mol. The molecule has 1 saturated heterocycles. The van der Waals surface area contributed by atoms with Crippen molar-refractivity contribution in [3.63, 3.8) is 0 Å². The van der Waals surface area contributed by atoms with Crippen LogP contribution in [0.4, 0.5) is 0 Å². The van der Waals surface area contributed by atoms with E-state index in [1.54, 1.807) is 11.7 Å². The topological polar surface area (TPSA) is 92.4 Å². The van der Waals surface area contributed by atoms with Gasteiger partial charge in [-0.1, -0.05) is 0 Å². The van der Waals surface area contributed by atoms with E-state index in [4.69, 9.17) is 23.4 Å². The van der Waals surface area contributed by atoms with E-state index < -0.39 is 5.97 Å². The number of hydrogen-bond acceptors (Lipinski definition) is 8. The molecule has 0 spiro atoms. The van der Waals surface area contributed by atoms with Crippen LogP contribution < -0.4 is 10.3 Å². The third-order valence-electron chi connectivity index (χ3n) is 6.16. The van der Waals surface area contributed by atoms with E-state index in [9.17, 15) is 9.59 Å². The van der Waals surface area contributed by atoms with Crippen LogP contribution in [0.5, 0.6) is 5.75 Å². The molecule has 0 radical (unpaired) electrons. The lowest BCUT2D eigenvalue weighted by Gasteiger charge is -2.24. The molecule has 0 bridgehead atoms. The van der Waals surface area contributed by atoms with E-state index >= 15 is 0 Å². The van der Waals surface area contributed by atoms with Gasteiger partial charge in [-0.05, 0) is 31.4 Å². The fourth-order valence-electron chi connectivity index (χ4n) is 4.46. The molecule has 4 rings (SSSR count). The van der Waals surface area contributed by atoms with Gasteiger partial charge in [-0.25, -0.2) is 4.79 Å². The van der Waals surface area contributed by atoms with Crippen molar-refractivity contribution in [1.82, 2.24) is 9.47 Å². The first-order valence-electron chi connectivity index (χ1n) is 11.5. The summed E-state index contributed by atoms with van der Waals surface area (Å²) in [5.41, 5.74) is 0.797. The fourth-order valence-corrected chi connectivity index (χ4v) is 4.46. The first-order valence-corrected chi connectivity index (χ1v) is 11.5. The van der Waals surface area contributed by atoms with Crippen molar-refractivity contribution in [3.05, 3.63) is 51.3 Å². The Balaban J connectivity index is 1.53. The number of nitrogens with zero attached hydrogens (tertiary/aromatic N) is 2. The summed E-state index contributed by atoms with van der Waals surface area (Å²) in [6.07, 6.45) is 3.53. The minimum absolute atomic E-state index is 0.0300. The van der Waals surface area contributed by atoms with Crippen LogP contribution in [-0.4, -0.2) is 62.1 Å². The van der Waals surface area contributed by atoms with Gasteiger partial charge < -0.3 is 27.9 Å². The lowest BCUT2D eigenvalue weighted by Crippen LogP contribution is -2.30. The largest absolute Gasteiger partial charge is 0.490 e. The van der Waals surface area contributed by atoms with Crippen molar-refractivity contribution in [2.24, 2.45) is 0 Å². The number of fused-ring (bicyclic) bond motifs is 1. The molecule has 9 heteroatoms. The van der Waals surface area contributed by atoms with Crippen LogP contribution in [0.15, 0.2) is 27.4 Å². The lowest BCUT2D eigenvalue weighted by molar-refractivity contribution is -0.0114. The van der Waals surface area contributed by atoms with Gasteiger partial charge in [0.25, 0.3) is 5.56 Å². The molecule has 2 aliphatic rings. The Morgan fingerprint density at radius 2 is 2.00 bits per heavy atom. The van der Waals surface area contributed by atoms with E-state index in [2.05, 4.69) is 4.90 Å². The number of esters is 1. The molecular formula is C24H32N2O7. The van der Waals surface area contributed by atoms with Crippen LogP contribution in [0.3, 0.4) is 0 Å². The van der Waals surface area contributed by atoms with Crippen LogP contribution in [0.2, 0.25) is 0 Å². The number of furan rings is 1. The number of carbonyl (C=O) groups excluding carboxylic acids is 1. The molecule has 0 saturated carbocycles. The Kier molecular flexibility index (Phi) is 7.85. The monoisotopic (exact) mass is 460 g/mol. The maximum atomic E-state index is 12.9. The molecule has 0 aromatic carbocycles. The molecule has 2 aromatic heterocycles. The van der Waals surface area contributed by atoms with Gasteiger partial charge in [0.1, 0.15) is 36.0 Å². The Morgan fingerprint density at radius 1 is 1.15 bits per heavy atom. The van der Waals surface area contributed by atoms with Crippen molar-refractivity contribution in [2.75, 3.05) is 40.5 Å². The van der Waals surface area contributed by atoms with Crippen molar-refractivity contribution >= 4 is 5.97 Å². The van der Waals surface area contributed by atoms with Gasteiger partial charge in [-0.2, -0.15) is 0 Å². The molecule has 1 fully saturated rings. The van der Waals surface area contributed by atoms with Crippen molar-refractivity contribution < 1.29 is 28.2 Å². The number of rotatable bonds is 8. The van der Waals surface area contributed by atoms with E-state index in [0.717, 1.165) is 30.8 Å². The van der Waals surface area contributed by atoms with Crippen LogP contribution in [-0.2, 0) is 40.3 Å². The molecule has 9 nitrogen and oxygen atoms in total. The van der Waals surface area contributed by atoms with E-state index in [1.807, 2.05) is 12.1 Å². The van der Waals surface area contributed by atoms with Gasteiger partial charge in [0.2, 0.25) is 0 Å². The van der Waals surface area contributed by atoms with Gasteiger partial charge >= 0.3 is 5.97 Å². The SMILES string of the molecule is COCc1ccc(CN2CCc3c(C(=O)OC)c(OC[C@@H]4CCCCO4)cc(=O)n3CC2)o1. The second kappa shape index (κ2) is 11.0. The third kappa shape index (κ3) is 5.66. The zero-order valence-corrected chi connectivity index (χ0v) is 19.3. The molecule has 0 amide bonds. The predicted octanol–water partition coefficient (Wildman–Crippen LogP) is 2.38. The maximum Gasteiger partial charge on any atom is 0.343 e. The van der Waals surface area contributed by atoms with Crippen molar-refractivity contribution in [3.8, 4) is 5.75 Å². The van der Waals surface area contributed by atoms with Crippen LogP contribution in [0, 0.1) is 0 Å². The molecule has 2 aromatic rings. The molecule has 0 N–H and O–H groups in total. The number of pyridine rings is 1. The second-order valence-corrected chi connectivity index (χ2v) is 8.44. The Labute approximate surface area is 193 Å². The van der Waals surface area contributed by atoms with Crippen molar-refractivity contribution in [1.29, 1.82) is 0 Å². The zero-order valence-electron chi connectivity index (χ0n) is 19.3. The van der Waals surface area contributed by atoms with E-state index in [-0.39, 0.29) is 17.4 Å². The first kappa shape index (κ1) is 23.5. The summed E-state index contributed by atoms with van der Waals surface area (Å²) < 4.78 is 29.3. The Morgan fingerprint density at radius 3 is 2.76 bits per heavy atom. The molecule has 0 aliphatic carbocycles. The third-order valence-corrected chi connectivity index (χ3v) is 6.16. The summed E-state index contributed by atoms with van der Waals surface area (Å²) >= 11 is 0. The lowest BCUT2D eigenvalue weighted by atomic mass is 10.1. The molecule has 1 atom stereocenters. The average Bonchev–Trinajstić information content (AvgIpc) is 3.16. The smallest absolute Gasteiger partial charge is 0.343 e. The average molecular weight is 461 g/mol. The minimum Gasteiger partial charge on any atom is -0.490 e. The number of hydrogen-bond donors (Lipinski definition) is 0. The number of methoxy groups -OCH3 is 2. The van der Waals surface area contributed by atoms with E-state index in [0.29, 0.717) is 63.7 Å². The predicted molar refractivity (Wildman–Crippen MR) is 120 cm³/mol. The number of carbonyl (C=O) groups is 1. The summed E-state index contributed by atoms with van der Waals surface area (Å²) in [4.78, 5) is 27.9. The summed E-state index contributed by atoms with van der Waals surface area (Å²) in [7, 11) is 2.97. The highest BCUT2D eigenvalue weighted by molar-refractivity contribution is 5.93. The van der Waals surface area contributed by atoms with Crippen LogP contribution in [0.25, 0.3) is 0 Å². The van der Waals surface area contributed by atoms with Crippen molar-refractivity contribution in [2.45, 2.75) is 51.5 Å². The van der Waals surface area contributed by atoms with Gasteiger partial charge in [0, 0.05) is 51.5 Å². The van der Waals surface area contributed by atoms with E-state index in [1.165, 1.54) is 13.2 Å². The zero-order chi connectivity index (χ0) is 23.2. The molecule has 4 heterocycles. The van der Waals surface area contributed by atoms with Gasteiger partial charge in [0.15, 0.2) is 0 Å². The highest BCUT2D eigenvalue weighted by atomic mass is 16.5. The van der Waals surface area contributed by atoms with Gasteiger partial charge in [-0.3, -0.25) is 9.69 Å². The normalized spacial score (nSPS) is 19.0. The summed E-state index contributed by atoms with van der Waals surface area (Å²) in [5.74, 6) is 1.39. The first-order chi connectivity index (χ1) is 16.1. The molecule has 33 heavy (non-hydrogen) atoms. The standard InChI is InChI=1S/C24H32N2O7/c1-29-15-19-7-6-17(33-19)14-25-9-8-20-23(24(28)30-2)21(13-22(27)26(20)11-10-25)32-16-18-5-3-4-12-31-18/h6-7,13,18H,3-5,8-12,14-16H2,1-2H3/t18-/m0/s1. The Hall–Kier alpha value is -2.62. The minimum atomic E-state index is -0.498. The van der Waals surface area contributed by atoms with Gasteiger partial charge in [0.05, 0.1) is 19.8 Å². The highest BCUT2D eigenvalue weighted by Gasteiger charge is 2.27. The molecule has 180 valence electrons. The number of aromatic nitrogens is 1. The van der Waals surface area contributed by atoms with Crippen LogP contribution >= 0.6 is 0 Å². The fraction of sp³-hybridized carbons (Fsp3) is 0.583. The number of ether oxygens (including phenoxy) is 4. The maximum absolute atomic E-state index is 12.9. The molecule has 0 unspecified atom stereocenters. The highest BCUT2D eigenvalue weighted by Crippen LogP contribution is 2.25. The Bertz CT molecular complexity index is 1010. The second-order valence-electron chi connectivity index (χ2n) is 8.44. The quantitative estimate of drug-likeness (QED) is 0.555. The molecule has 2 aliphatic heterocycles. The van der Waals surface area contributed by atoms with Crippen LogP contribution in [0.1, 0.15) is 46.8 Å². The summed E-state index contributed by atoms with van der Waals surface area (Å²) in [6.45, 7) is 3.85. The van der Waals surface area contributed by atoms with Gasteiger partial charge in [-0.15, -0.1) is 0 Å². The summed E-state index contributed by atoms with van der Waals surface area (Å²) in [6, 6.07) is 5.25.